The maximum Gasteiger partial charge on any atom is 0.354 e. The zero-order valence-electron chi connectivity index (χ0n) is 13.2. The molecule has 1 aliphatic rings. The van der Waals surface area contributed by atoms with Crippen LogP contribution in [0.4, 0.5) is 5.95 Å². The number of aliphatic hydroxyl groups is 1. The first-order valence-electron chi connectivity index (χ1n) is 7.56. The van der Waals surface area contributed by atoms with Crippen molar-refractivity contribution >= 4 is 14.7 Å². The van der Waals surface area contributed by atoms with Crippen LogP contribution >= 0.6 is 0 Å². The fourth-order valence-electron chi connectivity index (χ4n) is 2.81. The highest BCUT2D eigenvalue weighted by Gasteiger charge is 2.51. The predicted molar refractivity (Wildman–Crippen MR) is 84.2 cm³/mol. The molecule has 1 fully saturated rings. The van der Waals surface area contributed by atoms with Crippen LogP contribution in [-0.2, 0) is 14.8 Å². The van der Waals surface area contributed by atoms with Crippen LogP contribution in [0.3, 0.4) is 0 Å². The Labute approximate surface area is 130 Å². The van der Waals surface area contributed by atoms with Crippen LogP contribution in [-0.4, -0.2) is 53.9 Å². The zero-order valence-corrected chi connectivity index (χ0v) is 14.4. The van der Waals surface area contributed by atoms with Crippen LogP contribution in [0.5, 0.6) is 0 Å². The summed E-state index contributed by atoms with van der Waals surface area (Å²) in [4.78, 5) is 19.8. The third-order valence-corrected chi connectivity index (χ3v) is 6.47. The molecule has 1 aliphatic heterocycles. The fourth-order valence-corrected chi connectivity index (χ4v) is 4.69. The number of ether oxygens (including phenoxy) is 2. The first-order chi connectivity index (χ1) is 10.4. The minimum absolute atomic E-state index is 0.0580. The van der Waals surface area contributed by atoms with Crippen LogP contribution in [0.2, 0.25) is 13.1 Å². The van der Waals surface area contributed by atoms with E-state index in [4.69, 9.17) is 15.2 Å². The largest absolute Gasteiger partial charge is 0.394 e. The summed E-state index contributed by atoms with van der Waals surface area (Å²) in [6.45, 7) is 6.63. The average molecular weight is 328 g/mol. The van der Waals surface area contributed by atoms with Gasteiger partial charge in [-0.1, -0.05) is 20.0 Å². The maximum atomic E-state index is 12.2. The molecular formula is C13H24N4O4Si. The Balaban J connectivity index is 2.39. The third-order valence-electron chi connectivity index (χ3n) is 4.01. The number of anilines is 1. The molecule has 3 atom stereocenters. The molecule has 3 N–H and O–H groups in total. The summed E-state index contributed by atoms with van der Waals surface area (Å²) in [6.07, 6.45) is 2.07. The van der Waals surface area contributed by atoms with E-state index in [9.17, 15) is 9.90 Å². The lowest BCUT2D eigenvalue weighted by molar-refractivity contribution is -0.0830. The van der Waals surface area contributed by atoms with Crippen LogP contribution in [0.15, 0.2) is 11.1 Å². The number of nitrogens with zero attached hydrogens (tertiary/aromatic N) is 3. The lowest BCUT2D eigenvalue weighted by Crippen LogP contribution is -2.51. The summed E-state index contributed by atoms with van der Waals surface area (Å²) in [5, 5.41) is 8.77. The Bertz CT molecular complexity index is 567. The molecule has 2 heterocycles. The Hall–Kier alpha value is -1.29. The summed E-state index contributed by atoms with van der Waals surface area (Å²) in [7, 11) is -1.53. The number of nitrogens with two attached hydrogens (primary N) is 1. The second-order valence-corrected chi connectivity index (χ2v) is 9.03. The minimum Gasteiger partial charge on any atom is -0.394 e. The van der Waals surface area contributed by atoms with Crippen molar-refractivity contribution < 1.29 is 14.6 Å². The van der Waals surface area contributed by atoms with Crippen molar-refractivity contribution in [3.05, 3.63) is 16.8 Å². The van der Waals surface area contributed by atoms with Gasteiger partial charge in [-0.25, -0.2) is 9.78 Å². The van der Waals surface area contributed by atoms with Gasteiger partial charge < -0.3 is 20.3 Å². The van der Waals surface area contributed by atoms with Gasteiger partial charge in [0.15, 0.2) is 0 Å². The van der Waals surface area contributed by atoms with Crippen LogP contribution < -0.4 is 11.4 Å². The van der Waals surface area contributed by atoms with Gasteiger partial charge in [-0.3, -0.25) is 4.57 Å². The molecule has 0 bridgehead atoms. The number of rotatable bonds is 6. The maximum absolute atomic E-state index is 12.2. The third kappa shape index (κ3) is 3.07. The van der Waals surface area contributed by atoms with Crippen LogP contribution in [0.25, 0.3) is 0 Å². The van der Waals surface area contributed by atoms with Gasteiger partial charge in [0.25, 0.3) is 0 Å². The molecule has 0 aliphatic carbocycles. The second-order valence-electron chi connectivity index (χ2n) is 5.82. The van der Waals surface area contributed by atoms with E-state index in [-0.39, 0.29) is 18.7 Å². The summed E-state index contributed by atoms with van der Waals surface area (Å²) in [5.74, 6) is -0.0580. The Morgan fingerprint density at radius 3 is 2.91 bits per heavy atom. The van der Waals surface area contributed by atoms with E-state index < -0.39 is 25.9 Å². The van der Waals surface area contributed by atoms with Crippen molar-refractivity contribution in [2.45, 2.75) is 50.4 Å². The molecule has 2 rings (SSSR count). The van der Waals surface area contributed by atoms with Gasteiger partial charge in [0, 0.05) is 13.0 Å². The Kier molecular flexibility index (Phi) is 5.32. The first-order valence-corrected chi connectivity index (χ1v) is 10.4. The second kappa shape index (κ2) is 6.86. The van der Waals surface area contributed by atoms with Crippen LogP contribution in [0.1, 0.15) is 19.8 Å². The van der Waals surface area contributed by atoms with Crippen molar-refractivity contribution in [2.24, 2.45) is 0 Å². The molecule has 1 saturated heterocycles. The normalized spacial score (nSPS) is 28.4. The van der Waals surface area contributed by atoms with Crippen molar-refractivity contribution in [3.8, 4) is 0 Å². The Morgan fingerprint density at radius 2 is 2.36 bits per heavy atom. The molecule has 22 heavy (non-hydrogen) atoms. The van der Waals surface area contributed by atoms with E-state index in [1.165, 1.54) is 10.9 Å². The van der Waals surface area contributed by atoms with Gasteiger partial charge in [0.1, 0.15) is 17.8 Å². The molecule has 0 aromatic carbocycles. The van der Waals surface area contributed by atoms with Gasteiger partial charge in [0.05, 0.1) is 21.5 Å². The smallest absolute Gasteiger partial charge is 0.354 e. The van der Waals surface area contributed by atoms with Crippen molar-refractivity contribution in [1.82, 2.24) is 14.5 Å². The molecule has 0 amide bonds. The molecule has 0 spiro atoms. The molecule has 124 valence electrons. The van der Waals surface area contributed by atoms with Crippen molar-refractivity contribution in [1.29, 1.82) is 0 Å². The molecular weight excluding hydrogens is 304 g/mol. The summed E-state index contributed by atoms with van der Waals surface area (Å²) >= 11 is 0. The van der Waals surface area contributed by atoms with E-state index in [2.05, 4.69) is 23.1 Å². The Morgan fingerprint density at radius 1 is 1.64 bits per heavy atom. The number of aromatic nitrogens is 3. The lowest BCUT2D eigenvalue weighted by Gasteiger charge is -2.33. The van der Waals surface area contributed by atoms with E-state index in [0.29, 0.717) is 13.0 Å². The molecule has 0 saturated carbocycles. The monoisotopic (exact) mass is 328 g/mol. The fraction of sp³-hybridized carbons (Fsp3) is 0.769. The molecule has 1 aromatic rings. The van der Waals surface area contributed by atoms with Gasteiger partial charge in [-0.2, -0.15) is 4.98 Å². The van der Waals surface area contributed by atoms with Gasteiger partial charge in [-0.05, 0) is 6.42 Å². The summed E-state index contributed by atoms with van der Waals surface area (Å²) in [6, 6.07) is 0. The molecule has 0 unspecified atom stereocenters. The van der Waals surface area contributed by atoms with Crippen molar-refractivity contribution in [2.75, 3.05) is 18.9 Å². The molecule has 1 aromatic heterocycles. The zero-order chi connectivity index (χ0) is 16.3. The van der Waals surface area contributed by atoms with E-state index in [0.717, 1.165) is 6.42 Å². The predicted octanol–water partition coefficient (Wildman–Crippen LogP) is -0.524. The molecule has 0 radical (unpaired) electrons. The highest BCUT2D eigenvalue weighted by molar-refractivity contribution is 6.58. The van der Waals surface area contributed by atoms with Crippen molar-refractivity contribution in [3.63, 3.8) is 0 Å². The average Bonchev–Trinajstić information content (AvgIpc) is 2.85. The lowest BCUT2D eigenvalue weighted by atomic mass is 10.2. The van der Waals surface area contributed by atoms with E-state index in [1.54, 1.807) is 0 Å². The first kappa shape index (κ1) is 17.1. The summed E-state index contributed by atoms with van der Waals surface area (Å²) in [5.41, 5.74) is 4.98. The molecule has 8 nitrogen and oxygen atoms in total. The number of hydrogen-bond donors (Lipinski definition) is 2. The number of aliphatic hydroxyl groups excluding tert-OH is 1. The summed E-state index contributed by atoms with van der Waals surface area (Å²) < 4.78 is 13.3. The van der Waals surface area contributed by atoms with Gasteiger partial charge >= 0.3 is 5.69 Å². The molecule has 9 heteroatoms. The standard InChI is InChI=1S/C13H24N4O4Si/c1-4-5-20-9-6-13(22(2)3,21-10(9)7-18)17-8-15-11(14)16-12(17)19/h8-10,18,22H,4-7H2,1-3H3,(H2,14,16,19)/t9-,10+,13-/m0/s1. The highest BCUT2D eigenvalue weighted by Crippen LogP contribution is 2.38. The quantitative estimate of drug-likeness (QED) is 0.675. The minimum atomic E-state index is -1.53. The van der Waals surface area contributed by atoms with Crippen LogP contribution in [0, 0.1) is 0 Å². The topological polar surface area (TPSA) is 112 Å². The SMILES string of the molecule is CCCO[C@H]1C[C@@](n2cnc(N)nc2=O)([SiH](C)C)O[C@@H]1CO. The van der Waals surface area contributed by atoms with E-state index >= 15 is 0 Å². The van der Waals surface area contributed by atoms with E-state index in [1.807, 2.05) is 6.92 Å². The highest BCUT2D eigenvalue weighted by atomic mass is 28.3. The van der Waals surface area contributed by atoms with Gasteiger partial charge in [0.2, 0.25) is 5.95 Å². The number of hydrogen-bond acceptors (Lipinski definition) is 7. The number of nitrogen functional groups attached to an aromatic ring is 1. The van der Waals surface area contributed by atoms with Gasteiger partial charge in [-0.15, -0.1) is 0 Å².